The first kappa shape index (κ1) is 45.8. The smallest absolute Gasteiger partial charge is 0.408 e. The van der Waals surface area contributed by atoms with Gasteiger partial charge in [0, 0.05) is 38.9 Å². The van der Waals surface area contributed by atoms with Gasteiger partial charge in [-0.3, -0.25) is 9.59 Å². The largest absolute Gasteiger partial charge is 0.456 e. The molecule has 11 atom stereocenters. The Kier molecular flexibility index (Phi) is 12.7. The quantitative estimate of drug-likeness (QED) is 0.156. The van der Waals surface area contributed by atoms with Crippen LogP contribution in [0.4, 0.5) is 4.79 Å². The molecule has 1 saturated heterocycles. The predicted molar refractivity (Wildman–Crippen MR) is 218 cm³/mol. The fourth-order valence-corrected chi connectivity index (χ4v) is 10.1. The highest BCUT2D eigenvalue weighted by molar-refractivity contribution is 5.94. The van der Waals surface area contributed by atoms with Crippen LogP contribution < -0.4 is 5.32 Å². The van der Waals surface area contributed by atoms with E-state index in [1.54, 1.807) is 116 Å². The number of aliphatic hydroxyl groups is 2. The van der Waals surface area contributed by atoms with Crippen molar-refractivity contribution in [2.75, 3.05) is 20.8 Å². The number of aliphatic hydroxyl groups excluding tert-OH is 1. The highest BCUT2D eigenvalue weighted by Gasteiger charge is 2.78. The topological polar surface area (TPSA) is 202 Å². The number of nitrogens with one attached hydrogen (secondary N) is 1. The molecule has 3 aliphatic carbocycles. The molecule has 2 bridgehead atoms. The molecule has 1 heterocycles. The van der Waals surface area contributed by atoms with Gasteiger partial charge in [0.1, 0.15) is 35.6 Å². The summed E-state index contributed by atoms with van der Waals surface area (Å²) < 4.78 is 42.7. The van der Waals surface area contributed by atoms with Crippen molar-refractivity contribution < 1.29 is 67.3 Å². The van der Waals surface area contributed by atoms with E-state index in [0.29, 0.717) is 11.1 Å². The van der Waals surface area contributed by atoms with Crippen LogP contribution in [0.15, 0.2) is 71.8 Å². The highest BCUT2D eigenvalue weighted by atomic mass is 16.6. The van der Waals surface area contributed by atoms with Crippen LogP contribution in [-0.2, 0) is 47.5 Å². The minimum Gasteiger partial charge on any atom is -0.456 e. The molecule has 2 aromatic carbocycles. The van der Waals surface area contributed by atoms with E-state index in [1.165, 1.54) is 14.2 Å². The van der Waals surface area contributed by atoms with Gasteiger partial charge in [-0.15, -0.1) is 0 Å². The number of rotatable bonds is 11. The Balaban J connectivity index is 1.53. The summed E-state index contributed by atoms with van der Waals surface area (Å²) in [6, 6.07) is 15.1. The van der Waals surface area contributed by atoms with Crippen molar-refractivity contribution >= 4 is 29.8 Å². The number of fused-ring (bicyclic) bond motifs is 5. The first-order chi connectivity index (χ1) is 28.6. The van der Waals surface area contributed by atoms with Crippen LogP contribution in [0.2, 0.25) is 0 Å². The van der Waals surface area contributed by atoms with Crippen LogP contribution in [0.3, 0.4) is 0 Å². The Bertz CT molecular complexity index is 2030. The molecule has 61 heavy (non-hydrogen) atoms. The van der Waals surface area contributed by atoms with Crippen LogP contribution in [0.1, 0.15) is 96.6 Å². The molecule has 15 heteroatoms. The molecule has 0 aromatic heterocycles. The lowest BCUT2D eigenvalue weighted by Gasteiger charge is -2.68. The number of hydrogen-bond acceptors (Lipinski definition) is 14. The molecular formula is C46H59NO14. The fraction of sp³-hybridized carbons (Fsp3) is 0.587. The Labute approximate surface area is 356 Å². The molecule has 3 N–H and O–H groups in total. The van der Waals surface area contributed by atoms with E-state index in [4.69, 9.17) is 33.2 Å². The lowest BCUT2D eigenvalue weighted by molar-refractivity contribution is -0.348. The van der Waals surface area contributed by atoms with Crippen molar-refractivity contribution in [2.24, 2.45) is 16.7 Å². The number of alkyl carbamates (subject to hydrolysis) is 1. The number of hydrogen-bond donors (Lipinski definition) is 3. The van der Waals surface area contributed by atoms with E-state index >= 15 is 4.79 Å². The average molecular weight is 850 g/mol. The van der Waals surface area contributed by atoms with E-state index in [-0.39, 0.29) is 30.6 Å². The second-order valence-electron chi connectivity index (χ2n) is 18.2. The number of Topliss-reactive ketones (excluding diaryl/α,β-unsaturated/α-hetero) is 1. The second-order valence-corrected chi connectivity index (χ2v) is 18.2. The monoisotopic (exact) mass is 849 g/mol. The normalized spacial score (nSPS) is 32.6. The minimum atomic E-state index is -2.22. The number of esters is 3. The number of amides is 1. The Morgan fingerprint density at radius 1 is 0.951 bits per heavy atom. The van der Waals surface area contributed by atoms with Crippen LogP contribution in [0, 0.1) is 16.7 Å². The third-order valence-electron chi connectivity index (χ3n) is 13.3. The van der Waals surface area contributed by atoms with Crippen molar-refractivity contribution in [1.82, 2.24) is 5.32 Å². The minimum absolute atomic E-state index is 0.0241. The summed E-state index contributed by atoms with van der Waals surface area (Å²) in [7, 11) is 2.80. The number of ether oxygens (including phenoxy) is 7. The van der Waals surface area contributed by atoms with Gasteiger partial charge in [0.05, 0.1) is 35.6 Å². The van der Waals surface area contributed by atoms with Crippen molar-refractivity contribution in [2.45, 2.75) is 134 Å². The summed E-state index contributed by atoms with van der Waals surface area (Å²) in [4.78, 5) is 70.6. The third kappa shape index (κ3) is 7.88. The summed E-state index contributed by atoms with van der Waals surface area (Å²) in [5.41, 5.74) is -6.72. The highest BCUT2D eigenvalue weighted by Crippen LogP contribution is 2.65. The molecule has 1 aliphatic heterocycles. The van der Waals surface area contributed by atoms with E-state index in [9.17, 15) is 29.4 Å². The molecule has 3 fully saturated rings. The molecule has 4 aliphatic rings. The number of carbonyl (C=O) groups excluding carboxylic acids is 5. The molecule has 0 spiro atoms. The number of methoxy groups -OCH3 is 2. The van der Waals surface area contributed by atoms with Gasteiger partial charge in [0.25, 0.3) is 0 Å². The SMILES string of the molecule is CCC(=O)O[C@@]12CO[C@@H]1C[C@H](OC)[C@@]1(C)C(=O)[C@H](OC)C3=C(C)[C@@H](OC(=O)[C@H](O)[C@@H](NC(=O)OC(C)(C)C)c4ccccc4)C[C@@](O)([C@@H](OC(=O)c4ccccc4)[C@H]21)C3(C)C. The first-order valence-electron chi connectivity index (χ1n) is 20.7. The molecular weight excluding hydrogens is 790 g/mol. The molecule has 0 unspecified atom stereocenters. The molecule has 0 radical (unpaired) electrons. The molecule has 332 valence electrons. The maximum absolute atomic E-state index is 15.6. The third-order valence-corrected chi connectivity index (χ3v) is 13.3. The lowest BCUT2D eigenvalue weighted by Crippen LogP contribution is -2.82. The second kappa shape index (κ2) is 16.9. The maximum atomic E-state index is 15.6. The van der Waals surface area contributed by atoms with Crippen molar-refractivity contribution in [3.8, 4) is 0 Å². The van der Waals surface area contributed by atoms with Crippen molar-refractivity contribution in [3.05, 3.63) is 82.9 Å². The van der Waals surface area contributed by atoms with Gasteiger partial charge >= 0.3 is 24.0 Å². The Hall–Kier alpha value is -4.67. The summed E-state index contributed by atoms with van der Waals surface area (Å²) in [6.07, 6.45) is -9.33. The van der Waals surface area contributed by atoms with Crippen LogP contribution in [0.25, 0.3) is 0 Å². The van der Waals surface area contributed by atoms with Gasteiger partial charge in [-0.2, -0.15) is 0 Å². The molecule has 2 aromatic rings. The number of ketones is 1. The zero-order valence-electron chi connectivity index (χ0n) is 36.5. The zero-order valence-corrected chi connectivity index (χ0v) is 36.5. The van der Waals surface area contributed by atoms with E-state index in [1.807, 2.05) is 0 Å². The van der Waals surface area contributed by atoms with Gasteiger partial charge in [-0.1, -0.05) is 69.3 Å². The molecule has 6 rings (SSSR count). The number of benzene rings is 2. The van der Waals surface area contributed by atoms with Gasteiger partial charge in [0.15, 0.2) is 17.5 Å². The summed E-state index contributed by atoms with van der Waals surface area (Å²) in [5, 5.41) is 28.1. The lowest BCUT2D eigenvalue weighted by atomic mass is 9.44. The first-order valence-corrected chi connectivity index (χ1v) is 20.7. The van der Waals surface area contributed by atoms with Gasteiger partial charge < -0.3 is 48.7 Å². The van der Waals surface area contributed by atoms with E-state index in [0.717, 1.165) is 0 Å². The van der Waals surface area contributed by atoms with Gasteiger partial charge in [-0.25, -0.2) is 14.4 Å². The standard InChI is InChI=1S/C46H59NO14/c1-11-31(48)60-45-24-57-30(45)22-29(55-9)44(8)36(45)38(59-39(51)27-20-16-13-17-21-27)46(54)23-28(25(2)32(43(46,6)7)35(56-10)37(44)50)58-40(52)34(49)33(26-18-14-12-15-19-26)47-41(53)61-42(3,4)5/h12-21,28-30,33-36,38,49,54H,11,22-24H2,1-10H3,(H,47,53)/t28-,29-,30+,33-,34+,35+,36-,38-,44+,45-,46+/m0/s1. The summed E-state index contributed by atoms with van der Waals surface area (Å²) in [6.45, 7) is 13.1. The summed E-state index contributed by atoms with van der Waals surface area (Å²) in [5.74, 6) is -4.42. The average Bonchev–Trinajstić information content (AvgIpc) is 3.21. The fourth-order valence-electron chi connectivity index (χ4n) is 10.1. The van der Waals surface area contributed by atoms with Crippen LogP contribution in [-0.4, -0.2) is 114 Å². The van der Waals surface area contributed by atoms with Crippen molar-refractivity contribution in [3.63, 3.8) is 0 Å². The van der Waals surface area contributed by atoms with Crippen LogP contribution in [0.5, 0.6) is 0 Å². The molecule has 15 nitrogen and oxygen atoms in total. The molecule has 2 saturated carbocycles. The predicted octanol–water partition coefficient (Wildman–Crippen LogP) is 4.96. The van der Waals surface area contributed by atoms with E-state index < -0.39 is 112 Å². The Morgan fingerprint density at radius 3 is 2.11 bits per heavy atom. The zero-order chi connectivity index (χ0) is 44.9. The van der Waals surface area contributed by atoms with Gasteiger partial charge in [-0.05, 0) is 63.5 Å². The van der Waals surface area contributed by atoms with Crippen molar-refractivity contribution in [1.29, 1.82) is 0 Å². The maximum Gasteiger partial charge on any atom is 0.408 e. The summed E-state index contributed by atoms with van der Waals surface area (Å²) >= 11 is 0. The number of carbonyl (C=O) groups is 5. The van der Waals surface area contributed by atoms with E-state index in [2.05, 4.69) is 5.32 Å². The van der Waals surface area contributed by atoms with Gasteiger partial charge in [0.2, 0.25) is 0 Å². The molecule has 1 amide bonds. The Morgan fingerprint density at radius 2 is 1.57 bits per heavy atom. The van der Waals surface area contributed by atoms with Crippen LogP contribution >= 0.6 is 0 Å².